The second kappa shape index (κ2) is 6.13. The van der Waals surface area contributed by atoms with Crippen molar-refractivity contribution >= 4 is 18.4 Å². The summed E-state index contributed by atoms with van der Waals surface area (Å²) in [6.07, 6.45) is 2.52. The average Bonchev–Trinajstić information content (AvgIpc) is 2.84. The van der Waals surface area contributed by atoms with Crippen LogP contribution in [0.4, 0.5) is 5.82 Å². The Morgan fingerprint density at radius 1 is 1.18 bits per heavy atom. The Bertz CT molecular complexity index is 679. The number of hydrogen-bond donors (Lipinski definition) is 0. The molecular weight excluding hydrogens is 276 g/mol. The van der Waals surface area contributed by atoms with E-state index in [0.29, 0.717) is 11.4 Å². The molecule has 116 valence electrons. The van der Waals surface area contributed by atoms with Crippen molar-refractivity contribution in [3.8, 4) is 5.69 Å². The lowest BCUT2D eigenvalue weighted by molar-refractivity contribution is 0.112. The first-order valence-electron chi connectivity index (χ1n) is 7.19. The number of para-hydroxylation sites is 1. The Kier molecular flexibility index (Phi) is 4.45. The highest BCUT2D eigenvalue weighted by atomic mass is 16.1. The van der Waals surface area contributed by atoms with Crippen molar-refractivity contribution in [2.45, 2.75) is 26.2 Å². The number of aromatic nitrogens is 2. The van der Waals surface area contributed by atoms with Gasteiger partial charge in [-0.1, -0.05) is 39.0 Å². The maximum Gasteiger partial charge on any atom is 0.168 e. The van der Waals surface area contributed by atoms with Gasteiger partial charge in [0.2, 0.25) is 0 Å². The van der Waals surface area contributed by atoms with Crippen LogP contribution in [0.3, 0.4) is 0 Å². The van der Waals surface area contributed by atoms with E-state index in [4.69, 9.17) is 0 Å². The number of carbonyl (C=O) groups is 1. The minimum Gasteiger partial charge on any atom is -0.369 e. The van der Waals surface area contributed by atoms with E-state index < -0.39 is 0 Å². The van der Waals surface area contributed by atoms with Crippen LogP contribution in [0.15, 0.2) is 35.3 Å². The van der Waals surface area contributed by atoms with Crippen LogP contribution in [0.2, 0.25) is 0 Å². The standard InChI is InChI=1S/C17H22N4O/c1-17(2,3)15-14(11-22)16(18-12-20(4)5)21(19-15)13-9-7-6-8-10-13/h6-12H,1-5H3. The molecule has 2 rings (SSSR count). The molecule has 0 radical (unpaired) electrons. The van der Waals surface area contributed by atoms with Gasteiger partial charge < -0.3 is 4.90 Å². The zero-order valence-corrected chi connectivity index (χ0v) is 13.7. The number of aldehydes is 1. The van der Waals surface area contributed by atoms with E-state index in [1.54, 1.807) is 11.0 Å². The number of nitrogens with zero attached hydrogens (tertiary/aromatic N) is 4. The van der Waals surface area contributed by atoms with Crippen molar-refractivity contribution in [3.05, 3.63) is 41.6 Å². The summed E-state index contributed by atoms with van der Waals surface area (Å²) in [4.78, 5) is 17.9. The molecule has 0 saturated carbocycles. The summed E-state index contributed by atoms with van der Waals surface area (Å²) in [6.45, 7) is 6.12. The van der Waals surface area contributed by atoms with Crippen LogP contribution in [-0.2, 0) is 5.41 Å². The van der Waals surface area contributed by atoms with Gasteiger partial charge in [-0.05, 0) is 12.1 Å². The van der Waals surface area contributed by atoms with E-state index in [1.807, 2.05) is 70.1 Å². The van der Waals surface area contributed by atoms with Crippen molar-refractivity contribution in [3.63, 3.8) is 0 Å². The molecule has 22 heavy (non-hydrogen) atoms. The summed E-state index contributed by atoms with van der Waals surface area (Å²) in [7, 11) is 3.77. The van der Waals surface area contributed by atoms with Gasteiger partial charge in [-0.2, -0.15) is 5.10 Å². The monoisotopic (exact) mass is 298 g/mol. The predicted molar refractivity (Wildman–Crippen MR) is 89.5 cm³/mol. The van der Waals surface area contributed by atoms with E-state index in [2.05, 4.69) is 10.1 Å². The van der Waals surface area contributed by atoms with Crippen LogP contribution in [0.1, 0.15) is 36.8 Å². The quantitative estimate of drug-likeness (QED) is 0.495. The first-order valence-corrected chi connectivity index (χ1v) is 7.19. The smallest absolute Gasteiger partial charge is 0.168 e. The summed E-state index contributed by atoms with van der Waals surface area (Å²) < 4.78 is 1.73. The van der Waals surface area contributed by atoms with Gasteiger partial charge in [0.1, 0.15) is 0 Å². The Balaban J connectivity index is 2.71. The number of benzene rings is 1. The van der Waals surface area contributed by atoms with Crippen molar-refractivity contribution in [2.24, 2.45) is 4.99 Å². The van der Waals surface area contributed by atoms with Gasteiger partial charge in [-0.3, -0.25) is 4.79 Å². The van der Waals surface area contributed by atoms with Gasteiger partial charge in [-0.25, -0.2) is 9.67 Å². The summed E-state index contributed by atoms with van der Waals surface area (Å²) in [5.74, 6) is 0.555. The lowest BCUT2D eigenvalue weighted by atomic mass is 9.90. The maximum atomic E-state index is 11.6. The molecule has 0 spiro atoms. The van der Waals surface area contributed by atoms with Crippen LogP contribution in [-0.4, -0.2) is 41.4 Å². The highest BCUT2D eigenvalue weighted by Gasteiger charge is 2.26. The first-order chi connectivity index (χ1) is 10.3. The highest BCUT2D eigenvalue weighted by molar-refractivity contribution is 5.85. The number of carbonyl (C=O) groups excluding carboxylic acids is 1. The van der Waals surface area contributed by atoms with E-state index >= 15 is 0 Å². The van der Waals surface area contributed by atoms with E-state index in [1.165, 1.54) is 0 Å². The van der Waals surface area contributed by atoms with Gasteiger partial charge in [0.15, 0.2) is 12.1 Å². The molecule has 1 aromatic carbocycles. The Morgan fingerprint density at radius 2 is 1.82 bits per heavy atom. The molecule has 0 bridgehead atoms. The first kappa shape index (κ1) is 15.9. The minimum atomic E-state index is -0.237. The number of rotatable bonds is 4. The van der Waals surface area contributed by atoms with Gasteiger partial charge in [-0.15, -0.1) is 0 Å². The van der Waals surface area contributed by atoms with Gasteiger partial charge in [0.05, 0.1) is 23.3 Å². The second-order valence-electron chi connectivity index (χ2n) is 6.41. The fourth-order valence-electron chi connectivity index (χ4n) is 2.13. The van der Waals surface area contributed by atoms with Gasteiger partial charge in [0.25, 0.3) is 0 Å². The molecule has 0 atom stereocenters. The lowest BCUT2D eigenvalue weighted by Crippen LogP contribution is -2.14. The summed E-state index contributed by atoms with van der Waals surface area (Å²) in [5.41, 5.74) is 1.93. The molecule has 5 heteroatoms. The molecule has 0 saturated heterocycles. The van der Waals surface area contributed by atoms with Crippen molar-refractivity contribution in [2.75, 3.05) is 14.1 Å². The van der Waals surface area contributed by atoms with E-state index in [-0.39, 0.29) is 5.41 Å². The highest BCUT2D eigenvalue weighted by Crippen LogP contribution is 2.32. The zero-order valence-electron chi connectivity index (χ0n) is 13.7. The van der Waals surface area contributed by atoms with Crippen molar-refractivity contribution in [1.29, 1.82) is 0 Å². The molecule has 1 aromatic heterocycles. The number of aliphatic imine (C=N–C) groups is 1. The van der Waals surface area contributed by atoms with Gasteiger partial charge in [0, 0.05) is 19.5 Å². The van der Waals surface area contributed by atoms with Crippen LogP contribution < -0.4 is 0 Å². The molecule has 0 amide bonds. The predicted octanol–water partition coefficient (Wildman–Crippen LogP) is 3.20. The maximum absolute atomic E-state index is 11.6. The fraction of sp³-hybridized carbons (Fsp3) is 0.353. The molecule has 1 heterocycles. The molecule has 0 fully saturated rings. The van der Waals surface area contributed by atoms with Crippen molar-refractivity contribution < 1.29 is 4.79 Å². The minimum absolute atomic E-state index is 0.237. The molecule has 2 aromatic rings. The third kappa shape index (κ3) is 3.24. The van der Waals surface area contributed by atoms with Crippen molar-refractivity contribution in [1.82, 2.24) is 14.7 Å². The second-order valence-corrected chi connectivity index (χ2v) is 6.41. The Hall–Kier alpha value is -2.43. The molecule has 0 aliphatic carbocycles. The zero-order chi connectivity index (χ0) is 16.3. The van der Waals surface area contributed by atoms with Crippen LogP contribution in [0.25, 0.3) is 5.69 Å². The molecule has 5 nitrogen and oxygen atoms in total. The van der Waals surface area contributed by atoms with Crippen LogP contribution in [0, 0.1) is 0 Å². The topological polar surface area (TPSA) is 50.5 Å². The number of hydrogen-bond acceptors (Lipinski definition) is 3. The van der Waals surface area contributed by atoms with Crippen LogP contribution >= 0.6 is 0 Å². The lowest BCUT2D eigenvalue weighted by Gasteiger charge is -2.15. The third-order valence-corrected chi connectivity index (χ3v) is 3.14. The summed E-state index contributed by atoms with van der Waals surface area (Å²) in [5, 5.41) is 4.65. The third-order valence-electron chi connectivity index (χ3n) is 3.14. The Morgan fingerprint density at radius 3 is 2.32 bits per heavy atom. The fourth-order valence-corrected chi connectivity index (χ4v) is 2.13. The van der Waals surface area contributed by atoms with Gasteiger partial charge >= 0.3 is 0 Å². The normalized spacial score (nSPS) is 11.9. The largest absolute Gasteiger partial charge is 0.369 e. The summed E-state index contributed by atoms with van der Waals surface area (Å²) in [6, 6.07) is 9.72. The molecule has 0 aliphatic heterocycles. The van der Waals surface area contributed by atoms with E-state index in [9.17, 15) is 4.79 Å². The van der Waals surface area contributed by atoms with Crippen LogP contribution in [0.5, 0.6) is 0 Å². The van der Waals surface area contributed by atoms with E-state index in [0.717, 1.165) is 17.7 Å². The molecular formula is C17H22N4O. The average molecular weight is 298 g/mol. The molecule has 0 unspecified atom stereocenters. The molecule has 0 aliphatic rings. The Labute approximate surface area is 131 Å². The molecule has 0 N–H and O–H groups in total. The summed E-state index contributed by atoms with van der Waals surface area (Å²) >= 11 is 0. The SMILES string of the molecule is CN(C)C=Nc1c(C=O)c(C(C)(C)C)nn1-c1ccccc1.